The largest absolute Gasteiger partial charge is 0.478 e. The molecule has 0 aliphatic heterocycles. The summed E-state index contributed by atoms with van der Waals surface area (Å²) in [5.41, 5.74) is 2.91. The zero-order chi connectivity index (χ0) is 23.5. The number of aromatic carboxylic acids is 1. The first-order chi connectivity index (χ1) is 16.0. The number of carbonyl (C=O) groups is 2. The predicted octanol–water partition coefficient (Wildman–Crippen LogP) is 7.11. The number of rotatable bonds is 12. The van der Waals surface area contributed by atoms with Crippen molar-refractivity contribution in [2.75, 3.05) is 11.1 Å². The van der Waals surface area contributed by atoms with Crippen molar-refractivity contribution in [2.45, 2.75) is 43.4 Å². The van der Waals surface area contributed by atoms with Gasteiger partial charge in [-0.3, -0.25) is 4.79 Å². The van der Waals surface area contributed by atoms with Crippen LogP contribution in [0.1, 0.15) is 47.2 Å². The van der Waals surface area contributed by atoms with Crippen LogP contribution in [0.3, 0.4) is 0 Å². The topological polar surface area (TPSA) is 66.4 Å². The van der Waals surface area contributed by atoms with Gasteiger partial charge in [-0.15, -0.1) is 11.8 Å². The third-order valence-corrected chi connectivity index (χ3v) is 6.69. The maximum Gasteiger partial charge on any atom is 0.337 e. The first kappa shape index (κ1) is 24.9. The zero-order valence-electron chi connectivity index (χ0n) is 18.4. The lowest BCUT2D eigenvalue weighted by molar-refractivity contribution is -0.116. The van der Waals surface area contributed by atoms with Crippen LogP contribution in [0.15, 0.2) is 77.7 Å². The molecule has 0 bridgehead atoms. The summed E-state index contributed by atoms with van der Waals surface area (Å²) in [5.74, 6) is -0.181. The van der Waals surface area contributed by atoms with Gasteiger partial charge in [-0.1, -0.05) is 60.5 Å². The average molecular weight is 482 g/mol. The van der Waals surface area contributed by atoms with Crippen LogP contribution in [0.2, 0.25) is 5.02 Å². The number of carboxylic acids is 1. The molecular formula is C27H28ClNO3S. The standard InChI is InChI=1S/C27H28ClNO3S/c28-25-16-13-22(19-24(25)27(31)32)29-26(30)17-12-21-10-14-23(15-11-21)33-18-6-2-5-9-20-7-3-1-4-8-20/h1,3-4,7-8,10-11,13-16,19H,2,5-6,9,12,17-18H2,(H,29,30)(H,31,32). The molecule has 0 heterocycles. The molecule has 0 fully saturated rings. The summed E-state index contributed by atoms with van der Waals surface area (Å²) >= 11 is 7.73. The van der Waals surface area contributed by atoms with Crippen LogP contribution in [0.5, 0.6) is 0 Å². The highest BCUT2D eigenvalue weighted by Gasteiger charge is 2.11. The molecule has 0 radical (unpaired) electrons. The van der Waals surface area contributed by atoms with Crippen molar-refractivity contribution in [3.63, 3.8) is 0 Å². The van der Waals surface area contributed by atoms with Crippen LogP contribution >= 0.6 is 23.4 Å². The normalized spacial score (nSPS) is 10.7. The van der Waals surface area contributed by atoms with Crippen molar-refractivity contribution >= 4 is 40.9 Å². The molecule has 0 saturated carbocycles. The molecule has 172 valence electrons. The monoisotopic (exact) mass is 481 g/mol. The summed E-state index contributed by atoms with van der Waals surface area (Å²) in [7, 11) is 0. The number of nitrogens with one attached hydrogen (secondary N) is 1. The van der Waals surface area contributed by atoms with Crippen molar-refractivity contribution in [3.05, 3.63) is 94.5 Å². The highest BCUT2D eigenvalue weighted by atomic mass is 35.5. The Balaban J connectivity index is 1.34. The van der Waals surface area contributed by atoms with Crippen LogP contribution < -0.4 is 5.32 Å². The molecule has 3 aromatic carbocycles. The van der Waals surface area contributed by atoms with Crippen molar-refractivity contribution in [3.8, 4) is 0 Å². The van der Waals surface area contributed by atoms with E-state index in [4.69, 9.17) is 16.7 Å². The lowest BCUT2D eigenvalue weighted by atomic mass is 10.1. The molecule has 2 N–H and O–H groups in total. The van der Waals surface area contributed by atoms with Gasteiger partial charge in [0.15, 0.2) is 0 Å². The summed E-state index contributed by atoms with van der Waals surface area (Å²) in [6.45, 7) is 0. The van der Waals surface area contributed by atoms with Crippen molar-refractivity contribution < 1.29 is 14.7 Å². The highest BCUT2D eigenvalue weighted by Crippen LogP contribution is 2.22. The summed E-state index contributed by atoms with van der Waals surface area (Å²) in [4.78, 5) is 24.7. The number of carboxylic acid groups (broad SMARTS) is 1. The quantitative estimate of drug-likeness (QED) is 0.213. The smallest absolute Gasteiger partial charge is 0.337 e. The van der Waals surface area contributed by atoms with E-state index in [-0.39, 0.29) is 16.5 Å². The molecule has 6 heteroatoms. The van der Waals surface area contributed by atoms with Gasteiger partial charge in [-0.05, 0) is 72.9 Å². The molecule has 0 spiro atoms. The fourth-order valence-electron chi connectivity index (χ4n) is 3.44. The number of aryl methyl sites for hydroxylation is 2. The Morgan fingerprint density at radius 2 is 1.58 bits per heavy atom. The summed E-state index contributed by atoms with van der Waals surface area (Å²) in [5, 5.41) is 12.0. The lowest BCUT2D eigenvalue weighted by Gasteiger charge is -2.08. The van der Waals surface area contributed by atoms with Crippen LogP contribution in [0.25, 0.3) is 0 Å². The van der Waals surface area contributed by atoms with Crippen LogP contribution in [-0.4, -0.2) is 22.7 Å². The Bertz CT molecular complexity index is 1050. The number of unbranched alkanes of at least 4 members (excludes halogenated alkanes) is 2. The van der Waals surface area contributed by atoms with Gasteiger partial charge in [-0.25, -0.2) is 4.79 Å². The highest BCUT2D eigenvalue weighted by molar-refractivity contribution is 7.99. The first-order valence-corrected chi connectivity index (χ1v) is 12.5. The number of halogens is 1. The molecule has 0 saturated heterocycles. The average Bonchev–Trinajstić information content (AvgIpc) is 2.82. The van der Waals surface area contributed by atoms with Crippen LogP contribution in [-0.2, 0) is 17.6 Å². The number of carbonyl (C=O) groups excluding carboxylic acids is 1. The minimum absolute atomic E-state index is 0.0289. The number of hydrogen-bond acceptors (Lipinski definition) is 3. The number of anilines is 1. The fraction of sp³-hybridized carbons (Fsp3) is 0.259. The van der Waals surface area contributed by atoms with E-state index in [1.807, 2.05) is 11.8 Å². The summed E-state index contributed by atoms with van der Waals surface area (Å²) in [6.07, 6.45) is 5.74. The molecule has 3 rings (SSSR count). The number of thioether (sulfide) groups is 1. The Hall–Kier alpha value is -2.76. The molecular weight excluding hydrogens is 454 g/mol. The third-order valence-electron chi connectivity index (χ3n) is 5.27. The van der Waals surface area contributed by atoms with Gasteiger partial charge in [0, 0.05) is 17.0 Å². The number of benzene rings is 3. The molecule has 33 heavy (non-hydrogen) atoms. The van der Waals surface area contributed by atoms with E-state index in [1.54, 1.807) is 6.07 Å². The Labute approximate surface area is 204 Å². The van der Waals surface area contributed by atoms with Gasteiger partial charge >= 0.3 is 5.97 Å². The lowest BCUT2D eigenvalue weighted by Crippen LogP contribution is -2.13. The second-order valence-electron chi connectivity index (χ2n) is 7.84. The van der Waals surface area contributed by atoms with Gasteiger partial charge in [0.25, 0.3) is 0 Å². The maximum atomic E-state index is 12.2. The number of hydrogen-bond donors (Lipinski definition) is 2. The molecule has 0 aliphatic carbocycles. The molecule has 4 nitrogen and oxygen atoms in total. The minimum atomic E-state index is -1.12. The van der Waals surface area contributed by atoms with E-state index < -0.39 is 5.97 Å². The number of amides is 1. The SMILES string of the molecule is O=C(CCc1ccc(SCCCCCc2ccccc2)cc1)Nc1ccc(Cl)c(C(=O)O)c1. The van der Waals surface area contributed by atoms with Crippen LogP contribution in [0.4, 0.5) is 5.69 Å². The maximum absolute atomic E-state index is 12.2. The predicted molar refractivity (Wildman–Crippen MR) is 137 cm³/mol. The Morgan fingerprint density at radius 1 is 0.848 bits per heavy atom. The van der Waals surface area contributed by atoms with E-state index in [0.717, 1.165) is 17.7 Å². The third kappa shape index (κ3) is 8.60. The van der Waals surface area contributed by atoms with Crippen molar-refractivity contribution in [1.82, 2.24) is 0 Å². The zero-order valence-corrected chi connectivity index (χ0v) is 20.0. The summed E-state index contributed by atoms with van der Waals surface area (Å²) < 4.78 is 0. The molecule has 0 aliphatic rings. The van der Waals surface area contributed by atoms with Crippen LogP contribution in [0, 0.1) is 0 Å². The first-order valence-electron chi connectivity index (χ1n) is 11.1. The van der Waals surface area contributed by atoms with E-state index in [1.165, 1.54) is 41.9 Å². The Kier molecular flexibility index (Phi) is 9.85. The van der Waals surface area contributed by atoms with Gasteiger partial charge in [0.05, 0.1) is 10.6 Å². The summed E-state index contributed by atoms with van der Waals surface area (Å²) in [6, 6.07) is 23.4. The molecule has 3 aromatic rings. The van der Waals surface area contributed by atoms with Gasteiger partial charge < -0.3 is 10.4 Å². The van der Waals surface area contributed by atoms with Crippen molar-refractivity contribution in [1.29, 1.82) is 0 Å². The van der Waals surface area contributed by atoms with Gasteiger partial charge in [0.1, 0.15) is 0 Å². The van der Waals surface area contributed by atoms with Gasteiger partial charge in [-0.2, -0.15) is 0 Å². The molecule has 0 aromatic heterocycles. The fourth-order valence-corrected chi connectivity index (χ4v) is 4.55. The van der Waals surface area contributed by atoms with E-state index >= 15 is 0 Å². The molecule has 0 atom stereocenters. The van der Waals surface area contributed by atoms with Gasteiger partial charge in [0.2, 0.25) is 5.91 Å². The minimum Gasteiger partial charge on any atom is -0.478 e. The van der Waals surface area contributed by atoms with E-state index in [0.29, 0.717) is 18.5 Å². The van der Waals surface area contributed by atoms with E-state index in [9.17, 15) is 9.59 Å². The second kappa shape index (κ2) is 13.1. The molecule has 0 unspecified atom stereocenters. The second-order valence-corrected chi connectivity index (χ2v) is 9.41. The van der Waals surface area contributed by atoms with E-state index in [2.05, 4.69) is 59.9 Å². The Morgan fingerprint density at radius 3 is 2.30 bits per heavy atom. The molecule has 1 amide bonds. The van der Waals surface area contributed by atoms with Crippen molar-refractivity contribution in [2.24, 2.45) is 0 Å².